The Morgan fingerprint density at radius 2 is 1.88 bits per heavy atom. The van der Waals surface area contributed by atoms with E-state index in [9.17, 15) is 14.7 Å². The third kappa shape index (κ3) is 3.00. The summed E-state index contributed by atoms with van der Waals surface area (Å²) < 4.78 is 1.81. The van der Waals surface area contributed by atoms with E-state index in [1.54, 1.807) is 4.90 Å². The van der Waals surface area contributed by atoms with Crippen molar-refractivity contribution in [2.24, 2.45) is 5.92 Å². The molecule has 2 heterocycles. The number of likely N-dealkylation sites (tertiary alicyclic amines) is 1. The molecule has 6 nitrogen and oxygen atoms in total. The van der Waals surface area contributed by atoms with Crippen LogP contribution in [0.15, 0.2) is 24.3 Å². The second-order valence-corrected chi connectivity index (χ2v) is 6.98. The molecule has 6 heteroatoms. The van der Waals surface area contributed by atoms with Gasteiger partial charge in [0.15, 0.2) is 0 Å². The zero-order valence-corrected chi connectivity index (χ0v) is 15.7. The Morgan fingerprint density at radius 3 is 2.46 bits per heavy atom. The number of benzene rings is 1. The maximum Gasteiger partial charge on any atom is 0.308 e. The van der Waals surface area contributed by atoms with Crippen molar-refractivity contribution in [3.8, 4) is 0 Å². The molecule has 1 aliphatic rings. The van der Waals surface area contributed by atoms with Crippen molar-refractivity contribution in [1.82, 2.24) is 14.7 Å². The second kappa shape index (κ2) is 6.94. The molecule has 1 aromatic heterocycles. The minimum atomic E-state index is -0.855. The van der Waals surface area contributed by atoms with Gasteiger partial charge in [-0.3, -0.25) is 14.3 Å². The zero-order chi connectivity index (χ0) is 19.0. The summed E-state index contributed by atoms with van der Waals surface area (Å²) in [7, 11) is 0. The first-order valence-electron chi connectivity index (χ1n) is 8.96. The van der Waals surface area contributed by atoms with E-state index >= 15 is 0 Å². The molecule has 0 saturated carbocycles. The molecule has 138 valence electrons. The summed E-state index contributed by atoms with van der Waals surface area (Å²) in [6, 6.07) is 7.82. The molecule has 1 saturated heterocycles. The lowest BCUT2D eigenvalue weighted by atomic mass is 9.86. The van der Waals surface area contributed by atoms with E-state index < -0.39 is 11.9 Å². The van der Waals surface area contributed by atoms with Gasteiger partial charge in [-0.2, -0.15) is 5.10 Å². The topological polar surface area (TPSA) is 75.4 Å². The number of aryl methyl sites for hydroxylation is 3. The van der Waals surface area contributed by atoms with Gasteiger partial charge < -0.3 is 10.0 Å². The van der Waals surface area contributed by atoms with E-state index in [0.29, 0.717) is 24.3 Å². The highest BCUT2D eigenvalue weighted by atomic mass is 16.4. The molecular formula is C20H25N3O3. The Morgan fingerprint density at radius 1 is 1.19 bits per heavy atom. The monoisotopic (exact) mass is 355 g/mol. The van der Waals surface area contributed by atoms with Crippen molar-refractivity contribution in [1.29, 1.82) is 0 Å². The van der Waals surface area contributed by atoms with Crippen molar-refractivity contribution in [2.75, 3.05) is 13.1 Å². The van der Waals surface area contributed by atoms with Gasteiger partial charge in [-0.25, -0.2) is 0 Å². The second-order valence-electron chi connectivity index (χ2n) is 6.98. The molecule has 26 heavy (non-hydrogen) atoms. The number of rotatable bonds is 4. The van der Waals surface area contributed by atoms with E-state index in [1.165, 1.54) is 0 Å². The third-order valence-corrected chi connectivity index (χ3v) is 5.41. The van der Waals surface area contributed by atoms with Crippen LogP contribution in [-0.4, -0.2) is 44.8 Å². The van der Waals surface area contributed by atoms with Crippen LogP contribution in [-0.2, 0) is 11.3 Å². The number of hydrogen-bond donors (Lipinski definition) is 1. The Labute approximate surface area is 153 Å². The molecule has 0 bridgehead atoms. The number of aliphatic carboxylic acids is 1. The van der Waals surface area contributed by atoms with Gasteiger partial charge in [0.1, 0.15) is 0 Å². The minimum Gasteiger partial charge on any atom is -0.481 e. The minimum absolute atomic E-state index is 0.123. The number of amides is 1. The van der Waals surface area contributed by atoms with Gasteiger partial charge in [0.05, 0.1) is 17.2 Å². The number of carbonyl (C=O) groups is 2. The number of nitrogens with zero attached hydrogens (tertiary/aromatic N) is 3. The Balaban J connectivity index is 1.93. The molecule has 0 radical (unpaired) electrons. The van der Waals surface area contributed by atoms with Crippen LogP contribution < -0.4 is 0 Å². The van der Waals surface area contributed by atoms with E-state index in [4.69, 9.17) is 0 Å². The van der Waals surface area contributed by atoms with Crippen LogP contribution in [0.4, 0.5) is 0 Å². The smallest absolute Gasteiger partial charge is 0.308 e. The van der Waals surface area contributed by atoms with Gasteiger partial charge in [-0.05, 0) is 38.8 Å². The van der Waals surface area contributed by atoms with E-state index in [2.05, 4.69) is 5.10 Å². The van der Waals surface area contributed by atoms with E-state index in [-0.39, 0.29) is 18.4 Å². The highest BCUT2D eigenvalue weighted by Crippen LogP contribution is 2.35. The van der Waals surface area contributed by atoms with Crippen LogP contribution in [0.5, 0.6) is 0 Å². The summed E-state index contributed by atoms with van der Waals surface area (Å²) in [5, 5.41) is 14.1. The molecule has 1 aromatic carbocycles. The molecule has 1 aliphatic heterocycles. The van der Waals surface area contributed by atoms with Crippen molar-refractivity contribution in [2.45, 2.75) is 40.2 Å². The molecule has 0 unspecified atom stereocenters. The Kier molecular flexibility index (Phi) is 4.85. The first-order chi connectivity index (χ1) is 12.3. The van der Waals surface area contributed by atoms with Gasteiger partial charge in [0.25, 0.3) is 5.91 Å². The van der Waals surface area contributed by atoms with Gasteiger partial charge in [-0.1, -0.05) is 24.3 Å². The summed E-state index contributed by atoms with van der Waals surface area (Å²) in [5.74, 6) is -1.77. The summed E-state index contributed by atoms with van der Waals surface area (Å²) >= 11 is 0. The molecule has 1 amide bonds. The molecule has 2 aromatic rings. The van der Waals surface area contributed by atoms with E-state index in [1.807, 2.05) is 56.6 Å². The van der Waals surface area contributed by atoms with Crippen molar-refractivity contribution in [3.63, 3.8) is 0 Å². The maximum absolute atomic E-state index is 13.1. The van der Waals surface area contributed by atoms with Gasteiger partial charge in [0, 0.05) is 31.2 Å². The summed E-state index contributed by atoms with van der Waals surface area (Å²) in [6.07, 6.45) is 0. The average molecular weight is 355 g/mol. The van der Waals surface area contributed by atoms with Gasteiger partial charge in [0.2, 0.25) is 0 Å². The van der Waals surface area contributed by atoms with Crippen LogP contribution in [0.2, 0.25) is 0 Å². The molecular weight excluding hydrogens is 330 g/mol. The predicted octanol–water partition coefficient (Wildman–Crippen LogP) is 2.77. The summed E-state index contributed by atoms with van der Waals surface area (Å²) in [6.45, 7) is 9.02. The lowest BCUT2D eigenvalue weighted by Gasteiger charge is -2.18. The highest BCUT2D eigenvalue weighted by Gasteiger charge is 2.42. The van der Waals surface area contributed by atoms with Crippen LogP contribution in [0, 0.1) is 26.7 Å². The van der Waals surface area contributed by atoms with Crippen molar-refractivity contribution < 1.29 is 14.7 Å². The molecule has 3 rings (SSSR count). The Hall–Kier alpha value is -2.63. The average Bonchev–Trinajstić information content (AvgIpc) is 3.16. The van der Waals surface area contributed by atoms with Crippen LogP contribution in [0.25, 0.3) is 0 Å². The lowest BCUT2D eigenvalue weighted by Crippen LogP contribution is -2.30. The van der Waals surface area contributed by atoms with Crippen molar-refractivity contribution in [3.05, 3.63) is 52.3 Å². The number of carboxylic acids is 1. The predicted molar refractivity (Wildman–Crippen MR) is 98.3 cm³/mol. The third-order valence-electron chi connectivity index (χ3n) is 5.41. The molecule has 1 fully saturated rings. The highest BCUT2D eigenvalue weighted by molar-refractivity contribution is 5.97. The number of hydrogen-bond acceptors (Lipinski definition) is 3. The Bertz CT molecular complexity index is 856. The molecule has 0 aliphatic carbocycles. The summed E-state index contributed by atoms with van der Waals surface area (Å²) in [5.41, 5.74) is 4.19. The summed E-state index contributed by atoms with van der Waals surface area (Å²) in [4.78, 5) is 26.6. The first-order valence-corrected chi connectivity index (χ1v) is 8.96. The van der Waals surface area contributed by atoms with Gasteiger partial charge >= 0.3 is 5.97 Å². The van der Waals surface area contributed by atoms with Gasteiger partial charge in [-0.15, -0.1) is 0 Å². The quantitative estimate of drug-likeness (QED) is 0.915. The SMILES string of the molecule is CCn1nc(C)c(C(=O)N2C[C@@H](C(=O)O)[C@H](c3ccccc3C)C2)c1C. The largest absolute Gasteiger partial charge is 0.481 e. The lowest BCUT2D eigenvalue weighted by molar-refractivity contribution is -0.141. The number of carboxylic acid groups (broad SMARTS) is 1. The van der Waals surface area contributed by atoms with Crippen molar-refractivity contribution >= 4 is 11.9 Å². The molecule has 2 atom stereocenters. The molecule has 0 spiro atoms. The fourth-order valence-electron chi connectivity index (χ4n) is 4.01. The van der Waals surface area contributed by atoms with Crippen LogP contribution in [0.3, 0.4) is 0 Å². The standard InChI is InChI=1S/C20H25N3O3/c1-5-23-14(4)18(13(3)21-23)19(24)22-10-16(17(11-22)20(25)26)15-9-7-6-8-12(15)2/h6-9,16-17H,5,10-11H2,1-4H3,(H,25,26)/t16-,17+/m0/s1. The first kappa shape index (κ1) is 18.2. The van der Waals surface area contributed by atoms with Crippen LogP contribution in [0.1, 0.15) is 45.7 Å². The van der Waals surface area contributed by atoms with E-state index in [0.717, 1.165) is 16.8 Å². The maximum atomic E-state index is 13.1. The number of aromatic nitrogens is 2. The fraction of sp³-hybridized carbons (Fsp3) is 0.450. The normalized spacial score (nSPS) is 19.8. The van der Waals surface area contributed by atoms with Crippen LogP contribution >= 0.6 is 0 Å². The fourth-order valence-corrected chi connectivity index (χ4v) is 4.01. The zero-order valence-electron chi connectivity index (χ0n) is 15.7. The molecule has 1 N–H and O–H groups in total. The number of carbonyl (C=O) groups excluding carboxylic acids is 1.